The molecule has 1 aliphatic rings. The number of pyridine rings is 1. The number of hydrogen-bond acceptors (Lipinski definition) is 3. The Morgan fingerprint density at radius 3 is 2.95 bits per heavy atom. The third kappa shape index (κ3) is 2.24. The molecular formula is C14H13ClN2O2. The molecule has 1 N–H and O–H groups in total. The molecule has 98 valence electrons. The van der Waals surface area contributed by atoms with E-state index in [2.05, 4.69) is 10.3 Å². The zero-order valence-electron chi connectivity index (χ0n) is 10.4. The van der Waals surface area contributed by atoms with Gasteiger partial charge in [-0.15, -0.1) is 0 Å². The SMILES string of the molecule is COc1cccc2c(Cl)c(C(=O)NC3CC3)cnc12. The first kappa shape index (κ1) is 12.2. The van der Waals surface area contributed by atoms with Crippen LogP contribution in [0.25, 0.3) is 10.9 Å². The lowest BCUT2D eigenvalue weighted by atomic mass is 10.1. The van der Waals surface area contributed by atoms with E-state index >= 15 is 0 Å². The normalized spacial score (nSPS) is 14.4. The number of aromatic nitrogens is 1. The Labute approximate surface area is 115 Å². The molecule has 1 aliphatic carbocycles. The summed E-state index contributed by atoms with van der Waals surface area (Å²) >= 11 is 6.31. The summed E-state index contributed by atoms with van der Waals surface area (Å²) in [6.07, 6.45) is 3.58. The van der Waals surface area contributed by atoms with Crippen LogP contribution in [0.5, 0.6) is 5.75 Å². The zero-order valence-corrected chi connectivity index (χ0v) is 11.2. The number of rotatable bonds is 3. The van der Waals surface area contributed by atoms with Crippen LogP contribution in [0.2, 0.25) is 5.02 Å². The van der Waals surface area contributed by atoms with Gasteiger partial charge in [-0.1, -0.05) is 23.7 Å². The minimum Gasteiger partial charge on any atom is -0.494 e. The molecule has 0 atom stereocenters. The number of benzene rings is 1. The first-order chi connectivity index (χ1) is 9.20. The van der Waals surface area contributed by atoms with E-state index in [1.807, 2.05) is 18.2 Å². The number of fused-ring (bicyclic) bond motifs is 1. The Bertz CT molecular complexity index is 653. The summed E-state index contributed by atoms with van der Waals surface area (Å²) < 4.78 is 5.24. The molecule has 4 nitrogen and oxygen atoms in total. The van der Waals surface area contributed by atoms with E-state index in [4.69, 9.17) is 16.3 Å². The maximum Gasteiger partial charge on any atom is 0.254 e. The van der Waals surface area contributed by atoms with Gasteiger partial charge in [0.1, 0.15) is 11.3 Å². The monoisotopic (exact) mass is 276 g/mol. The van der Waals surface area contributed by atoms with Crippen LogP contribution in [0.15, 0.2) is 24.4 Å². The average molecular weight is 277 g/mol. The average Bonchev–Trinajstić information content (AvgIpc) is 3.22. The quantitative estimate of drug-likeness (QED) is 0.938. The maximum absolute atomic E-state index is 12.0. The third-order valence-electron chi connectivity index (χ3n) is 3.17. The Morgan fingerprint density at radius 2 is 2.26 bits per heavy atom. The molecule has 2 aromatic rings. The molecule has 19 heavy (non-hydrogen) atoms. The number of halogens is 1. The second kappa shape index (κ2) is 4.70. The van der Waals surface area contributed by atoms with Crippen LogP contribution in [0.4, 0.5) is 0 Å². The zero-order chi connectivity index (χ0) is 13.4. The van der Waals surface area contributed by atoms with Gasteiger partial charge < -0.3 is 10.1 Å². The van der Waals surface area contributed by atoms with Crippen LogP contribution in [-0.2, 0) is 0 Å². The number of amides is 1. The topological polar surface area (TPSA) is 51.2 Å². The van der Waals surface area contributed by atoms with Crippen molar-refractivity contribution in [1.29, 1.82) is 0 Å². The van der Waals surface area contributed by atoms with Gasteiger partial charge in [0.05, 0.1) is 17.7 Å². The largest absolute Gasteiger partial charge is 0.494 e. The number of nitrogens with one attached hydrogen (secondary N) is 1. The molecule has 1 amide bonds. The van der Waals surface area contributed by atoms with Crippen LogP contribution in [0.1, 0.15) is 23.2 Å². The molecule has 0 spiro atoms. The molecule has 0 unspecified atom stereocenters. The number of carbonyl (C=O) groups excluding carboxylic acids is 1. The van der Waals surface area contributed by atoms with E-state index < -0.39 is 0 Å². The lowest BCUT2D eigenvalue weighted by molar-refractivity contribution is 0.0951. The molecule has 0 bridgehead atoms. The van der Waals surface area contributed by atoms with Gasteiger partial charge in [0.15, 0.2) is 0 Å². The summed E-state index contributed by atoms with van der Waals surface area (Å²) in [5.41, 5.74) is 1.08. The molecule has 1 aromatic heterocycles. The van der Waals surface area contributed by atoms with Crippen LogP contribution in [0, 0.1) is 0 Å². The van der Waals surface area contributed by atoms with E-state index in [0.29, 0.717) is 27.9 Å². The van der Waals surface area contributed by atoms with Crippen molar-refractivity contribution in [1.82, 2.24) is 10.3 Å². The summed E-state index contributed by atoms with van der Waals surface area (Å²) in [6, 6.07) is 5.78. The van der Waals surface area contributed by atoms with Gasteiger partial charge in [0.2, 0.25) is 0 Å². The lowest BCUT2D eigenvalue weighted by Crippen LogP contribution is -2.25. The molecule has 3 rings (SSSR count). The summed E-state index contributed by atoms with van der Waals surface area (Å²) in [4.78, 5) is 16.3. The number of nitrogens with zero attached hydrogens (tertiary/aromatic N) is 1. The Morgan fingerprint density at radius 1 is 1.47 bits per heavy atom. The van der Waals surface area contributed by atoms with Gasteiger partial charge in [-0.2, -0.15) is 0 Å². The van der Waals surface area contributed by atoms with Crippen molar-refractivity contribution in [2.75, 3.05) is 7.11 Å². The second-order valence-electron chi connectivity index (χ2n) is 4.59. The summed E-state index contributed by atoms with van der Waals surface area (Å²) in [7, 11) is 1.58. The van der Waals surface area contributed by atoms with Crippen LogP contribution in [0.3, 0.4) is 0 Å². The fourth-order valence-corrected chi connectivity index (χ4v) is 2.26. The minimum atomic E-state index is -0.162. The number of hydrogen-bond donors (Lipinski definition) is 1. The van der Waals surface area contributed by atoms with Gasteiger partial charge in [-0.25, -0.2) is 0 Å². The summed E-state index contributed by atoms with van der Waals surface area (Å²) in [5, 5.41) is 4.05. The highest BCUT2D eigenvalue weighted by molar-refractivity contribution is 6.38. The van der Waals surface area contributed by atoms with Crippen molar-refractivity contribution in [3.8, 4) is 5.75 Å². The van der Waals surface area contributed by atoms with E-state index in [1.54, 1.807) is 7.11 Å². The van der Waals surface area contributed by atoms with Crippen molar-refractivity contribution in [3.05, 3.63) is 35.0 Å². The molecule has 0 radical (unpaired) electrons. The van der Waals surface area contributed by atoms with Gasteiger partial charge in [-0.05, 0) is 18.9 Å². The predicted octanol–water partition coefficient (Wildman–Crippen LogP) is 2.79. The minimum absolute atomic E-state index is 0.162. The fourth-order valence-electron chi connectivity index (χ4n) is 1.98. The fraction of sp³-hybridized carbons (Fsp3) is 0.286. The van der Waals surface area contributed by atoms with Crippen LogP contribution >= 0.6 is 11.6 Å². The Kier molecular flexibility index (Phi) is 3.03. The van der Waals surface area contributed by atoms with E-state index in [0.717, 1.165) is 18.2 Å². The molecule has 1 fully saturated rings. The molecule has 0 aliphatic heterocycles. The van der Waals surface area contributed by atoms with E-state index in [9.17, 15) is 4.79 Å². The highest BCUT2D eigenvalue weighted by Gasteiger charge is 2.25. The highest BCUT2D eigenvalue weighted by Crippen LogP contribution is 2.31. The highest BCUT2D eigenvalue weighted by atomic mass is 35.5. The second-order valence-corrected chi connectivity index (χ2v) is 4.97. The van der Waals surface area contributed by atoms with E-state index in [1.165, 1.54) is 6.20 Å². The molecule has 0 saturated heterocycles. The Balaban J connectivity index is 2.07. The van der Waals surface area contributed by atoms with E-state index in [-0.39, 0.29) is 5.91 Å². The smallest absolute Gasteiger partial charge is 0.254 e. The van der Waals surface area contributed by atoms with Gasteiger partial charge >= 0.3 is 0 Å². The van der Waals surface area contributed by atoms with Gasteiger partial charge in [0, 0.05) is 17.6 Å². The molecule has 1 saturated carbocycles. The molecule has 5 heteroatoms. The van der Waals surface area contributed by atoms with Crippen molar-refractivity contribution in [2.24, 2.45) is 0 Å². The Hall–Kier alpha value is -1.81. The first-order valence-corrected chi connectivity index (χ1v) is 6.50. The molecule has 1 heterocycles. The van der Waals surface area contributed by atoms with Gasteiger partial charge in [-0.3, -0.25) is 9.78 Å². The molecule has 1 aromatic carbocycles. The number of carbonyl (C=O) groups is 1. The van der Waals surface area contributed by atoms with Crippen molar-refractivity contribution < 1.29 is 9.53 Å². The first-order valence-electron chi connectivity index (χ1n) is 6.13. The van der Waals surface area contributed by atoms with Crippen LogP contribution < -0.4 is 10.1 Å². The summed E-state index contributed by atoms with van der Waals surface area (Å²) in [6.45, 7) is 0. The number of ether oxygens (including phenoxy) is 1. The van der Waals surface area contributed by atoms with Gasteiger partial charge in [0.25, 0.3) is 5.91 Å². The third-order valence-corrected chi connectivity index (χ3v) is 3.58. The maximum atomic E-state index is 12.0. The van der Waals surface area contributed by atoms with Crippen molar-refractivity contribution in [3.63, 3.8) is 0 Å². The summed E-state index contributed by atoms with van der Waals surface area (Å²) in [5.74, 6) is 0.485. The number of methoxy groups -OCH3 is 1. The number of para-hydroxylation sites is 1. The van der Waals surface area contributed by atoms with Crippen LogP contribution in [-0.4, -0.2) is 24.0 Å². The van der Waals surface area contributed by atoms with Crippen molar-refractivity contribution >= 4 is 28.4 Å². The lowest BCUT2D eigenvalue weighted by Gasteiger charge is -2.09. The van der Waals surface area contributed by atoms with Crippen molar-refractivity contribution in [2.45, 2.75) is 18.9 Å². The molecular weight excluding hydrogens is 264 g/mol. The standard InChI is InChI=1S/C14H13ClN2O2/c1-19-11-4-2-3-9-12(15)10(7-16-13(9)11)14(18)17-8-5-6-8/h2-4,7-8H,5-6H2,1H3,(H,17,18). The predicted molar refractivity (Wildman–Crippen MR) is 73.8 cm³/mol.